The number of halogens is 3. The lowest BCUT2D eigenvalue weighted by atomic mass is 9.95. The minimum absolute atomic E-state index is 0.284. The molecule has 0 heterocycles. The number of carbonyl (C=O) groups excluding carboxylic acids is 1. The zero-order valence-corrected chi connectivity index (χ0v) is 11.6. The van der Waals surface area contributed by atoms with Crippen LogP contribution in [0, 0.1) is 5.92 Å². The van der Waals surface area contributed by atoms with Gasteiger partial charge in [0.2, 0.25) is 5.91 Å². The summed E-state index contributed by atoms with van der Waals surface area (Å²) in [6.45, 7) is 2.20. The molecule has 4 nitrogen and oxygen atoms in total. The predicted octanol–water partition coefficient (Wildman–Crippen LogP) is 2.34. The summed E-state index contributed by atoms with van der Waals surface area (Å²) >= 11 is 0. The molecule has 1 fully saturated rings. The molecule has 0 saturated heterocycles. The van der Waals surface area contributed by atoms with E-state index in [1.165, 1.54) is 6.07 Å². The van der Waals surface area contributed by atoms with Gasteiger partial charge in [0.25, 0.3) is 0 Å². The average molecular weight is 301 g/mol. The van der Waals surface area contributed by atoms with Gasteiger partial charge in [0.15, 0.2) is 0 Å². The van der Waals surface area contributed by atoms with Gasteiger partial charge in [-0.05, 0) is 43.9 Å². The largest absolute Gasteiger partial charge is 0.417 e. The number of hydrogen-bond acceptors (Lipinski definition) is 3. The Bertz CT molecular complexity index is 555. The topological polar surface area (TPSA) is 81.1 Å². The van der Waals surface area contributed by atoms with Crippen molar-refractivity contribution in [2.45, 2.75) is 31.5 Å². The van der Waals surface area contributed by atoms with Crippen LogP contribution in [-0.4, -0.2) is 18.0 Å². The summed E-state index contributed by atoms with van der Waals surface area (Å²) < 4.78 is 39.0. The van der Waals surface area contributed by atoms with Crippen LogP contribution < -0.4 is 16.8 Å². The highest BCUT2D eigenvalue weighted by atomic mass is 19.4. The van der Waals surface area contributed by atoms with Crippen LogP contribution in [0.25, 0.3) is 0 Å². The fourth-order valence-electron chi connectivity index (χ4n) is 2.44. The summed E-state index contributed by atoms with van der Waals surface area (Å²) in [6.07, 6.45) is -2.63. The number of nitrogens with one attached hydrogen (secondary N) is 1. The quantitative estimate of drug-likeness (QED) is 0.781. The van der Waals surface area contributed by atoms with Crippen molar-refractivity contribution < 1.29 is 18.0 Å². The molecule has 2 rings (SSSR count). The molecule has 0 bridgehead atoms. The highest BCUT2D eigenvalue weighted by Gasteiger charge is 2.41. The van der Waals surface area contributed by atoms with Gasteiger partial charge in [0.05, 0.1) is 11.1 Å². The van der Waals surface area contributed by atoms with Crippen LogP contribution in [-0.2, 0) is 6.18 Å². The average Bonchev–Trinajstić information content (AvgIpc) is 3.21. The van der Waals surface area contributed by atoms with Crippen LogP contribution in [0.2, 0.25) is 0 Å². The normalized spacial score (nSPS) is 18.1. The molecule has 1 aromatic rings. The molecular formula is C14H18F3N3O. The molecule has 1 amide bonds. The van der Waals surface area contributed by atoms with Crippen molar-refractivity contribution in [2.24, 2.45) is 17.4 Å². The van der Waals surface area contributed by atoms with Gasteiger partial charge in [-0.15, -0.1) is 0 Å². The molecule has 116 valence electrons. The SMILES string of the molecule is CC(CN)(Nc1ccc(C(N)=O)c(C(F)(F)F)c1)C1CC1. The first-order chi connectivity index (χ1) is 9.67. The number of hydrogen-bond donors (Lipinski definition) is 3. The smallest absolute Gasteiger partial charge is 0.378 e. The van der Waals surface area contributed by atoms with Crippen LogP contribution in [0.1, 0.15) is 35.7 Å². The van der Waals surface area contributed by atoms with Gasteiger partial charge in [-0.1, -0.05) is 0 Å². The van der Waals surface area contributed by atoms with E-state index in [9.17, 15) is 18.0 Å². The van der Waals surface area contributed by atoms with Crippen molar-refractivity contribution >= 4 is 11.6 Å². The molecule has 5 N–H and O–H groups in total. The Morgan fingerprint density at radius 2 is 2.00 bits per heavy atom. The Kier molecular flexibility index (Phi) is 3.88. The first kappa shape index (κ1) is 15.6. The highest BCUT2D eigenvalue weighted by Crippen LogP contribution is 2.41. The monoisotopic (exact) mass is 301 g/mol. The number of alkyl halides is 3. The van der Waals surface area contributed by atoms with Gasteiger partial charge >= 0.3 is 6.18 Å². The van der Waals surface area contributed by atoms with Crippen molar-refractivity contribution in [3.8, 4) is 0 Å². The number of primary amides is 1. The molecule has 0 radical (unpaired) electrons. The van der Waals surface area contributed by atoms with Crippen LogP contribution in [0.5, 0.6) is 0 Å². The molecule has 1 saturated carbocycles. The third kappa shape index (κ3) is 3.29. The summed E-state index contributed by atoms with van der Waals surface area (Å²) in [4.78, 5) is 11.1. The van der Waals surface area contributed by atoms with Crippen LogP contribution in [0.3, 0.4) is 0 Å². The minimum Gasteiger partial charge on any atom is -0.378 e. The van der Waals surface area contributed by atoms with Crippen LogP contribution in [0.15, 0.2) is 18.2 Å². The number of anilines is 1. The third-order valence-electron chi connectivity index (χ3n) is 3.92. The van der Waals surface area contributed by atoms with Crippen molar-refractivity contribution in [1.82, 2.24) is 0 Å². The summed E-state index contributed by atoms with van der Waals surface area (Å²) in [5.41, 5.74) is 9.00. The van der Waals surface area contributed by atoms with Crippen molar-refractivity contribution in [3.63, 3.8) is 0 Å². The Labute approximate surface area is 120 Å². The number of carbonyl (C=O) groups is 1. The highest BCUT2D eigenvalue weighted by molar-refractivity contribution is 5.95. The molecule has 0 aromatic heterocycles. The molecule has 0 spiro atoms. The lowest BCUT2D eigenvalue weighted by Crippen LogP contribution is -2.44. The lowest BCUT2D eigenvalue weighted by molar-refractivity contribution is -0.137. The lowest BCUT2D eigenvalue weighted by Gasteiger charge is -2.31. The van der Waals surface area contributed by atoms with E-state index in [0.717, 1.165) is 25.0 Å². The number of benzene rings is 1. The Morgan fingerprint density at radius 3 is 2.43 bits per heavy atom. The summed E-state index contributed by atoms with van der Waals surface area (Å²) in [5.74, 6) is -0.745. The fraction of sp³-hybridized carbons (Fsp3) is 0.500. The third-order valence-corrected chi connectivity index (χ3v) is 3.92. The Balaban J connectivity index is 2.36. The second kappa shape index (κ2) is 5.22. The molecule has 0 aliphatic heterocycles. The molecule has 1 aliphatic rings. The second-order valence-electron chi connectivity index (χ2n) is 5.64. The van der Waals surface area contributed by atoms with Gasteiger partial charge in [-0.3, -0.25) is 4.79 Å². The maximum Gasteiger partial charge on any atom is 0.417 e. The van der Waals surface area contributed by atoms with E-state index < -0.39 is 28.7 Å². The maximum atomic E-state index is 13.0. The van der Waals surface area contributed by atoms with E-state index in [1.54, 1.807) is 0 Å². The Morgan fingerprint density at radius 1 is 1.38 bits per heavy atom. The molecular weight excluding hydrogens is 283 g/mol. The molecule has 1 aliphatic carbocycles. The van der Waals surface area contributed by atoms with Gasteiger partial charge in [0, 0.05) is 17.8 Å². The molecule has 1 unspecified atom stereocenters. The molecule has 1 aromatic carbocycles. The van der Waals surface area contributed by atoms with E-state index in [0.29, 0.717) is 12.5 Å². The van der Waals surface area contributed by atoms with E-state index >= 15 is 0 Å². The summed E-state index contributed by atoms with van der Waals surface area (Å²) in [5, 5.41) is 3.07. The van der Waals surface area contributed by atoms with Crippen molar-refractivity contribution in [2.75, 3.05) is 11.9 Å². The van der Waals surface area contributed by atoms with E-state index in [-0.39, 0.29) is 5.69 Å². The number of rotatable bonds is 5. The molecule has 7 heteroatoms. The number of amides is 1. The molecule has 1 atom stereocenters. The summed E-state index contributed by atoms with van der Waals surface area (Å²) in [6, 6.07) is 3.43. The van der Waals surface area contributed by atoms with Gasteiger partial charge in [0.1, 0.15) is 0 Å². The summed E-state index contributed by atoms with van der Waals surface area (Å²) in [7, 11) is 0. The first-order valence-electron chi connectivity index (χ1n) is 6.66. The first-order valence-corrected chi connectivity index (χ1v) is 6.66. The zero-order chi connectivity index (χ0) is 15.8. The van der Waals surface area contributed by atoms with Crippen LogP contribution in [0.4, 0.5) is 18.9 Å². The maximum absolute atomic E-state index is 13.0. The minimum atomic E-state index is -4.64. The standard InChI is InChI=1S/C14H18F3N3O/c1-13(7-18,8-2-3-8)20-9-4-5-10(12(19)21)11(6-9)14(15,16)17/h4-6,8,20H,2-3,7,18H2,1H3,(H2,19,21). The fourth-order valence-corrected chi connectivity index (χ4v) is 2.44. The van der Waals surface area contributed by atoms with Crippen LogP contribution >= 0.6 is 0 Å². The predicted molar refractivity (Wildman–Crippen MR) is 73.8 cm³/mol. The van der Waals surface area contributed by atoms with Gasteiger partial charge in [-0.2, -0.15) is 13.2 Å². The van der Waals surface area contributed by atoms with E-state index in [2.05, 4.69) is 5.32 Å². The number of nitrogens with two attached hydrogens (primary N) is 2. The second-order valence-corrected chi connectivity index (χ2v) is 5.64. The van der Waals surface area contributed by atoms with Crippen molar-refractivity contribution in [1.29, 1.82) is 0 Å². The Hall–Kier alpha value is -1.76. The van der Waals surface area contributed by atoms with E-state index in [1.807, 2.05) is 6.92 Å². The molecule has 21 heavy (non-hydrogen) atoms. The van der Waals surface area contributed by atoms with Gasteiger partial charge < -0.3 is 16.8 Å². The van der Waals surface area contributed by atoms with Gasteiger partial charge in [-0.25, -0.2) is 0 Å². The van der Waals surface area contributed by atoms with E-state index in [4.69, 9.17) is 11.5 Å². The zero-order valence-electron chi connectivity index (χ0n) is 11.6. The van der Waals surface area contributed by atoms with Crippen molar-refractivity contribution in [3.05, 3.63) is 29.3 Å².